The van der Waals surface area contributed by atoms with Gasteiger partial charge in [0.1, 0.15) is 5.78 Å². The summed E-state index contributed by atoms with van der Waals surface area (Å²) in [7, 11) is -2.87. The maximum Gasteiger partial charge on any atom is 0.228 e. The van der Waals surface area contributed by atoms with E-state index in [1.165, 1.54) is 0 Å². The summed E-state index contributed by atoms with van der Waals surface area (Å²) in [6, 6.07) is 17.1. The van der Waals surface area contributed by atoms with Gasteiger partial charge in [0.25, 0.3) is 0 Å². The number of benzene rings is 2. The number of halogens is 1. The molecule has 3 nitrogen and oxygen atoms in total. The van der Waals surface area contributed by atoms with Crippen molar-refractivity contribution in [1.82, 2.24) is 0 Å². The normalized spacial score (nSPS) is 15.0. The molecule has 0 aliphatic heterocycles. The molecule has 0 aliphatic rings. The molecule has 0 amide bonds. The highest BCUT2D eigenvalue weighted by Gasteiger charge is 2.33. The Morgan fingerprint density at radius 1 is 1.09 bits per heavy atom. The summed E-state index contributed by atoms with van der Waals surface area (Å²) in [4.78, 5) is 0. The quantitative estimate of drug-likeness (QED) is 0.650. The third-order valence-electron chi connectivity index (χ3n) is 3.44. The Morgan fingerprint density at radius 3 is 2.27 bits per heavy atom. The molecule has 0 radical (unpaired) electrons. The summed E-state index contributed by atoms with van der Waals surface area (Å²) < 4.78 is 18.9. The Bertz CT molecular complexity index is 631. The highest BCUT2D eigenvalue weighted by Crippen LogP contribution is 2.59. The summed E-state index contributed by atoms with van der Waals surface area (Å²) in [6.45, 7) is 4.18. The molecule has 2 rings (SSSR count). The Labute approximate surface area is 137 Å². The van der Waals surface area contributed by atoms with Gasteiger partial charge in [-0.3, -0.25) is 4.57 Å². The van der Waals surface area contributed by atoms with Gasteiger partial charge in [-0.05, 0) is 36.8 Å². The highest BCUT2D eigenvalue weighted by molar-refractivity contribution is 7.59. The molecule has 0 saturated carbocycles. The second-order valence-corrected chi connectivity index (χ2v) is 8.22. The van der Waals surface area contributed by atoms with E-state index in [2.05, 4.69) is 5.32 Å². The van der Waals surface area contributed by atoms with E-state index in [1.54, 1.807) is 0 Å². The van der Waals surface area contributed by atoms with Crippen LogP contribution in [0.4, 0.5) is 5.69 Å². The Kier molecular flexibility index (Phi) is 6.07. The zero-order valence-corrected chi connectivity index (χ0v) is 14.5. The molecule has 0 bridgehead atoms. The molecule has 1 N–H and O–H groups in total. The van der Waals surface area contributed by atoms with Gasteiger partial charge in [-0.1, -0.05) is 48.9 Å². The van der Waals surface area contributed by atoms with Crippen molar-refractivity contribution in [2.75, 3.05) is 18.1 Å². The van der Waals surface area contributed by atoms with Crippen LogP contribution < -0.4 is 5.32 Å². The topological polar surface area (TPSA) is 38.3 Å². The van der Waals surface area contributed by atoms with Crippen molar-refractivity contribution in [3.8, 4) is 0 Å². The molecule has 0 heterocycles. The summed E-state index contributed by atoms with van der Waals surface area (Å²) in [5.74, 6) is -0.392. The van der Waals surface area contributed by atoms with E-state index in [4.69, 9.17) is 16.1 Å². The van der Waals surface area contributed by atoms with Gasteiger partial charge in [-0.2, -0.15) is 0 Å². The average Bonchev–Trinajstić information content (AvgIpc) is 2.55. The predicted octanol–water partition coefficient (Wildman–Crippen LogP) is 5.79. The second kappa shape index (κ2) is 7.82. The van der Waals surface area contributed by atoms with E-state index in [9.17, 15) is 4.57 Å². The van der Waals surface area contributed by atoms with E-state index in [1.807, 2.05) is 68.4 Å². The molecular weight excluding hydrogens is 317 g/mol. The average molecular weight is 338 g/mol. The van der Waals surface area contributed by atoms with Gasteiger partial charge in [0, 0.05) is 16.9 Å². The van der Waals surface area contributed by atoms with Crippen LogP contribution in [0.25, 0.3) is 0 Å². The maximum atomic E-state index is 13.3. The number of para-hydroxylation sites is 1. The first kappa shape index (κ1) is 17.1. The van der Waals surface area contributed by atoms with Crippen molar-refractivity contribution in [2.45, 2.75) is 19.6 Å². The fraction of sp³-hybridized carbons (Fsp3) is 0.294. The number of hydrogen-bond acceptors (Lipinski definition) is 3. The van der Waals surface area contributed by atoms with Crippen molar-refractivity contribution >= 4 is 24.7 Å². The van der Waals surface area contributed by atoms with Gasteiger partial charge in [-0.25, -0.2) is 0 Å². The van der Waals surface area contributed by atoms with E-state index in [0.29, 0.717) is 17.8 Å². The van der Waals surface area contributed by atoms with E-state index in [0.717, 1.165) is 11.3 Å². The molecule has 0 fully saturated rings. The Balaban J connectivity index is 2.39. The number of hydrogen-bond donors (Lipinski definition) is 1. The van der Waals surface area contributed by atoms with Gasteiger partial charge in [0.05, 0.1) is 6.61 Å². The molecule has 0 aromatic heterocycles. The fourth-order valence-electron chi connectivity index (χ4n) is 2.31. The highest BCUT2D eigenvalue weighted by atomic mass is 35.5. The third-order valence-corrected chi connectivity index (χ3v) is 6.49. The lowest BCUT2D eigenvalue weighted by Gasteiger charge is -2.28. The van der Waals surface area contributed by atoms with Crippen LogP contribution in [0, 0.1) is 0 Å². The largest absolute Gasteiger partial charge is 0.370 e. The molecule has 0 aliphatic carbocycles. The minimum Gasteiger partial charge on any atom is -0.370 e. The number of nitrogens with one attached hydrogen (secondary N) is 1. The summed E-state index contributed by atoms with van der Waals surface area (Å²) in [5, 5.41) is 4.02. The van der Waals surface area contributed by atoms with E-state index in [-0.39, 0.29) is 0 Å². The van der Waals surface area contributed by atoms with Gasteiger partial charge < -0.3 is 9.84 Å². The first-order valence-electron chi connectivity index (χ1n) is 7.39. The van der Waals surface area contributed by atoms with Crippen LogP contribution in [0.15, 0.2) is 54.6 Å². The molecule has 5 heteroatoms. The van der Waals surface area contributed by atoms with Crippen LogP contribution >= 0.6 is 19.0 Å². The summed E-state index contributed by atoms with van der Waals surface area (Å²) >= 11 is 5.97. The smallest absolute Gasteiger partial charge is 0.228 e. The maximum absolute atomic E-state index is 13.3. The second-order valence-electron chi connectivity index (χ2n) is 4.92. The minimum absolute atomic E-state index is 0.392. The third kappa shape index (κ3) is 4.13. The van der Waals surface area contributed by atoms with Crippen LogP contribution in [-0.4, -0.2) is 12.8 Å². The molecule has 2 atom stereocenters. The lowest BCUT2D eigenvalue weighted by atomic mass is 10.2. The molecule has 2 unspecified atom stereocenters. The summed E-state index contributed by atoms with van der Waals surface area (Å²) in [6.07, 6.45) is 0.466. The van der Waals surface area contributed by atoms with Gasteiger partial charge in [-0.15, -0.1) is 0 Å². The lowest BCUT2D eigenvalue weighted by Crippen LogP contribution is -2.14. The first-order chi connectivity index (χ1) is 10.6. The van der Waals surface area contributed by atoms with Crippen LogP contribution in [-0.2, 0) is 9.09 Å². The fourth-order valence-corrected chi connectivity index (χ4v) is 4.55. The standard InChI is InChI=1S/C17H21ClNO2P/c1-3-21-22(20,4-2)17(14-10-12-15(18)13-11-14)19-16-8-6-5-7-9-16/h5-13,17,19H,3-4H2,1-2H3. The van der Waals surface area contributed by atoms with Crippen molar-refractivity contribution in [3.05, 3.63) is 65.2 Å². The minimum atomic E-state index is -2.87. The zero-order valence-electron chi connectivity index (χ0n) is 12.8. The van der Waals surface area contributed by atoms with Gasteiger partial charge in [0.2, 0.25) is 7.37 Å². The van der Waals surface area contributed by atoms with Crippen molar-refractivity contribution in [1.29, 1.82) is 0 Å². The van der Waals surface area contributed by atoms with Crippen LogP contribution in [0.1, 0.15) is 25.2 Å². The summed E-state index contributed by atoms with van der Waals surface area (Å²) in [5.41, 5.74) is 1.82. The molecule has 2 aromatic carbocycles. The van der Waals surface area contributed by atoms with Crippen molar-refractivity contribution in [3.63, 3.8) is 0 Å². The molecular formula is C17H21ClNO2P. The monoisotopic (exact) mass is 337 g/mol. The van der Waals surface area contributed by atoms with E-state index < -0.39 is 13.2 Å². The lowest BCUT2D eigenvalue weighted by molar-refractivity contribution is 0.328. The van der Waals surface area contributed by atoms with Crippen molar-refractivity contribution in [2.24, 2.45) is 0 Å². The number of rotatable bonds is 7. The first-order valence-corrected chi connectivity index (χ1v) is 9.65. The number of anilines is 1. The van der Waals surface area contributed by atoms with Crippen molar-refractivity contribution < 1.29 is 9.09 Å². The molecule has 2 aromatic rings. The predicted molar refractivity (Wildman–Crippen MR) is 94.0 cm³/mol. The van der Waals surface area contributed by atoms with Crippen LogP contribution in [0.3, 0.4) is 0 Å². The Morgan fingerprint density at radius 2 is 1.73 bits per heavy atom. The molecule has 22 heavy (non-hydrogen) atoms. The zero-order chi connectivity index (χ0) is 16.0. The Hall–Kier alpha value is -1.28. The molecule has 0 spiro atoms. The molecule has 0 saturated heterocycles. The van der Waals surface area contributed by atoms with Gasteiger partial charge >= 0.3 is 0 Å². The van der Waals surface area contributed by atoms with Crippen LogP contribution in [0.2, 0.25) is 5.02 Å². The van der Waals surface area contributed by atoms with Crippen LogP contribution in [0.5, 0.6) is 0 Å². The SMILES string of the molecule is CCOP(=O)(CC)C(Nc1ccccc1)c1ccc(Cl)cc1. The van der Waals surface area contributed by atoms with Gasteiger partial charge in [0.15, 0.2) is 0 Å². The van der Waals surface area contributed by atoms with E-state index >= 15 is 0 Å². The molecule has 118 valence electrons.